The highest BCUT2D eigenvalue weighted by Gasteiger charge is 2.19. The summed E-state index contributed by atoms with van der Waals surface area (Å²) in [5.74, 6) is 0.174. The Labute approximate surface area is 122 Å². The molecule has 0 saturated heterocycles. The zero-order valence-electron chi connectivity index (χ0n) is 13.0. The van der Waals surface area contributed by atoms with Gasteiger partial charge in [-0.3, -0.25) is 4.90 Å². The summed E-state index contributed by atoms with van der Waals surface area (Å²) in [6.07, 6.45) is 2.12. The van der Waals surface area contributed by atoms with Gasteiger partial charge in [-0.1, -0.05) is 39.8 Å². The van der Waals surface area contributed by atoms with Crippen molar-refractivity contribution in [2.24, 2.45) is 5.92 Å². The molecular weight excluding hydrogens is 251 g/mol. The fraction of sp³-hybridized carbons (Fsp3) is 0.588. The van der Waals surface area contributed by atoms with Crippen LogP contribution in [0.4, 0.5) is 4.39 Å². The Kier molecular flexibility index (Phi) is 6.67. The van der Waals surface area contributed by atoms with Crippen LogP contribution in [0.3, 0.4) is 0 Å². The van der Waals surface area contributed by atoms with Crippen molar-refractivity contribution in [3.8, 4) is 6.07 Å². The van der Waals surface area contributed by atoms with Crippen LogP contribution in [0.1, 0.15) is 51.7 Å². The second-order valence-corrected chi connectivity index (χ2v) is 5.68. The van der Waals surface area contributed by atoms with Gasteiger partial charge in [-0.15, -0.1) is 0 Å². The molecule has 0 atom stereocenters. The molecular formula is C17H25FN2. The predicted molar refractivity (Wildman–Crippen MR) is 80.7 cm³/mol. The van der Waals surface area contributed by atoms with Crippen LogP contribution in [0.5, 0.6) is 0 Å². The summed E-state index contributed by atoms with van der Waals surface area (Å²) in [7, 11) is 0. The lowest BCUT2D eigenvalue weighted by Crippen LogP contribution is -2.37. The largest absolute Gasteiger partial charge is 0.296 e. The van der Waals surface area contributed by atoms with Crippen molar-refractivity contribution in [1.82, 2.24) is 4.90 Å². The molecule has 20 heavy (non-hydrogen) atoms. The molecule has 110 valence electrons. The minimum Gasteiger partial charge on any atom is -0.296 e. The highest BCUT2D eigenvalue weighted by molar-refractivity contribution is 5.34. The summed E-state index contributed by atoms with van der Waals surface area (Å²) >= 11 is 0. The summed E-state index contributed by atoms with van der Waals surface area (Å²) in [6, 6.07) is 7.45. The lowest BCUT2D eigenvalue weighted by molar-refractivity contribution is 0.155. The number of nitriles is 1. The van der Waals surface area contributed by atoms with Gasteiger partial charge in [-0.25, -0.2) is 4.39 Å². The Bertz CT molecular complexity index is 459. The molecule has 1 aromatic rings. The molecule has 3 heteroatoms. The number of hydrogen-bond acceptors (Lipinski definition) is 2. The van der Waals surface area contributed by atoms with E-state index in [0.29, 0.717) is 24.1 Å². The van der Waals surface area contributed by atoms with Crippen LogP contribution >= 0.6 is 0 Å². The van der Waals surface area contributed by atoms with E-state index in [2.05, 4.69) is 32.6 Å². The number of hydrogen-bond donors (Lipinski definition) is 0. The molecule has 0 bridgehead atoms. The van der Waals surface area contributed by atoms with Crippen LogP contribution in [0.25, 0.3) is 0 Å². The lowest BCUT2D eigenvalue weighted by atomic mass is 10.0. The molecule has 0 aliphatic carbocycles. The molecule has 0 aromatic heterocycles. The highest BCUT2D eigenvalue weighted by atomic mass is 19.1. The first-order chi connectivity index (χ1) is 9.53. The number of benzene rings is 1. The minimum absolute atomic E-state index is 0.136. The maximum atomic E-state index is 14.2. The highest BCUT2D eigenvalue weighted by Crippen LogP contribution is 2.19. The molecule has 0 fully saturated rings. The van der Waals surface area contributed by atoms with Gasteiger partial charge in [0, 0.05) is 24.7 Å². The van der Waals surface area contributed by atoms with Gasteiger partial charge in [0.1, 0.15) is 11.9 Å². The van der Waals surface area contributed by atoms with Gasteiger partial charge in [0.25, 0.3) is 0 Å². The van der Waals surface area contributed by atoms with Crippen molar-refractivity contribution in [2.75, 3.05) is 6.54 Å². The van der Waals surface area contributed by atoms with Crippen LogP contribution in [0, 0.1) is 23.1 Å². The molecule has 0 N–H and O–H groups in total. The van der Waals surface area contributed by atoms with E-state index < -0.39 is 0 Å². The number of halogens is 1. The smallest absolute Gasteiger partial charge is 0.145 e. The van der Waals surface area contributed by atoms with E-state index in [9.17, 15) is 4.39 Å². The molecule has 0 heterocycles. The summed E-state index contributed by atoms with van der Waals surface area (Å²) in [5, 5.41) is 8.92. The Hall–Kier alpha value is -1.40. The van der Waals surface area contributed by atoms with Crippen molar-refractivity contribution in [2.45, 2.75) is 53.1 Å². The molecule has 0 spiro atoms. The zero-order chi connectivity index (χ0) is 15.1. The summed E-state index contributed by atoms with van der Waals surface area (Å²) in [4.78, 5) is 2.34. The average Bonchev–Trinajstić information content (AvgIpc) is 2.41. The van der Waals surface area contributed by atoms with Crippen molar-refractivity contribution >= 4 is 0 Å². The van der Waals surface area contributed by atoms with Gasteiger partial charge in [0.2, 0.25) is 0 Å². The van der Waals surface area contributed by atoms with Crippen LogP contribution in [-0.2, 0) is 6.54 Å². The van der Waals surface area contributed by atoms with Crippen LogP contribution in [0.15, 0.2) is 18.2 Å². The Morgan fingerprint density at radius 1 is 1.25 bits per heavy atom. The second-order valence-electron chi connectivity index (χ2n) is 5.68. The third-order valence-electron chi connectivity index (χ3n) is 3.63. The van der Waals surface area contributed by atoms with E-state index in [0.717, 1.165) is 19.4 Å². The standard InChI is InChI=1S/C17H25FN2/c1-5-16(6-2)20(11-13(3)4)12-15-9-7-8-14(10-19)17(15)18/h7-9,13,16H,5-6,11-12H2,1-4H3. The molecule has 0 saturated carbocycles. The van der Waals surface area contributed by atoms with Crippen LogP contribution in [-0.4, -0.2) is 17.5 Å². The van der Waals surface area contributed by atoms with Gasteiger partial charge in [0.15, 0.2) is 0 Å². The van der Waals surface area contributed by atoms with E-state index in [1.807, 2.05) is 6.07 Å². The fourth-order valence-electron chi connectivity index (χ4n) is 2.62. The minimum atomic E-state index is -0.366. The van der Waals surface area contributed by atoms with Crippen molar-refractivity contribution in [3.63, 3.8) is 0 Å². The zero-order valence-corrected chi connectivity index (χ0v) is 13.0. The van der Waals surface area contributed by atoms with Gasteiger partial charge < -0.3 is 0 Å². The SMILES string of the molecule is CCC(CC)N(Cc1cccc(C#N)c1F)CC(C)C. The molecule has 1 aromatic carbocycles. The average molecular weight is 276 g/mol. The topological polar surface area (TPSA) is 27.0 Å². The van der Waals surface area contributed by atoms with E-state index in [-0.39, 0.29) is 11.4 Å². The lowest BCUT2D eigenvalue weighted by Gasteiger charge is -2.32. The van der Waals surface area contributed by atoms with Crippen LogP contribution < -0.4 is 0 Å². The number of nitrogens with zero attached hydrogens (tertiary/aromatic N) is 2. The van der Waals surface area contributed by atoms with Gasteiger partial charge in [-0.2, -0.15) is 5.26 Å². The summed E-state index contributed by atoms with van der Waals surface area (Å²) in [6.45, 7) is 10.2. The first kappa shape index (κ1) is 16.7. The molecule has 0 radical (unpaired) electrons. The van der Waals surface area contributed by atoms with E-state index in [1.165, 1.54) is 6.07 Å². The Morgan fingerprint density at radius 2 is 1.90 bits per heavy atom. The van der Waals surface area contributed by atoms with E-state index in [4.69, 9.17) is 5.26 Å². The molecule has 1 rings (SSSR count). The van der Waals surface area contributed by atoms with Crippen molar-refractivity contribution in [1.29, 1.82) is 5.26 Å². The molecule has 0 unspecified atom stereocenters. The molecule has 0 amide bonds. The molecule has 0 aliphatic rings. The van der Waals surface area contributed by atoms with E-state index >= 15 is 0 Å². The third-order valence-corrected chi connectivity index (χ3v) is 3.63. The Balaban J connectivity index is 2.98. The third kappa shape index (κ3) is 4.31. The monoisotopic (exact) mass is 276 g/mol. The first-order valence-electron chi connectivity index (χ1n) is 7.44. The van der Waals surface area contributed by atoms with Crippen molar-refractivity contribution < 1.29 is 4.39 Å². The second kappa shape index (κ2) is 8.01. The van der Waals surface area contributed by atoms with Gasteiger partial charge >= 0.3 is 0 Å². The first-order valence-corrected chi connectivity index (χ1v) is 7.44. The van der Waals surface area contributed by atoms with Gasteiger partial charge in [0.05, 0.1) is 5.56 Å². The fourth-order valence-corrected chi connectivity index (χ4v) is 2.62. The number of rotatable bonds is 7. The van der Waals surface area contributed by atoms with E-state index in [1.54, 1.807) is 12.1 Å². The molecule has 0 aliphatic heterocycles. The van der Waals surface area contributed by atoms with Crippen LogP contribution in [0.2, 0.25) is 0 Å². The summed E-state index contributed by atoms with van der Waals surface area (Å²) in [5.41, 5.74) is 0.758. The molecule has 2 nitrogen and oxygen atoms in total. The Morgan fingerprint density at radius 3 is 2.40 bits per heavy atom. The summed E-state index contributed by atoms with van der Waals surface area (Å²) < 4.78 is 14.2. The predicted octanol–water partition coefficient (Wildman–Crippen LogP) is 4.34. The normalized spacial score (nSPS) is 11.3. The maximum Gasteiger partial charge on any atom is 0.145 e. The quantitative estimate of drug-likeness (QED) is 0.740. The van der Waals surface area contributed by atoms with Gasteiger partial charge in [-0.05, 0) is 24.8 Å². The van der Waals surface area contributed by atoms with Crippen molar-refractivity contribution in [3.05, 3.63) is 35.1 Å². The maximum absolute atomic E-state index is 14.2.